The predicted molar refractivity (Wildman–Crippen MR) is 94.1 cm³/mol. The normalized spacial score (nSPS) is 10.8. The van der Waals surface area contributed by atoms with Gasteiger partial charge < -0.3 is 14.4 Å². The molecule has 1 N–H and O–H groups in total. The van der Waals surface area contributed by atoms with Crippen molar-refractivity contribution in [2.75, 3.05) is 6.61 Å². The van der Waals surface area contributed by atoms with E-state index in [1.165, 1.54) is 36.8 Å². The fourth-order valence-electron chi connectivity index (χ4n) is 2.18. The highest BCUT2D eigenvalue weighted by Crippen LogP contribution is 2.17. The number of ketones is 2. The maximum Gasteiger partial charge on any atom is 0.265 e. The number of benzene rings is 1. The van der Waals surface area contributed by atoms with Crippen molar-refractivity contribution in [3.05, 3.63) is 63.6 Å². The van der Waals surface area contributed by atoms with Crippen molar-refractivity contribution in [2.45, 2.75) is 13.8 Å². The topological polar surface area (TPSA) is 85.6 Å². The van der Waals surface area contributed by atoms with Crippen molar-refractivity contribution in [3.8, 4) is 11.5 Å². The number of nitrogens with zero attached hydrogens (tertiary/aromatic N) is 1. The van der Waals surface area contributed by atoms with Gasteiger partial charge in [0.25, 0.3) is 5.56 Å². The SMILES string of the molecule is CC(=O)COc1cccc(C=CC(=O)c2c(O)cc(C)n(C)c2=O)c1. The van der Waals surface area contributed by atoms with Crippen LogP contribution >= 0.6 is 0 Å². The van der Waals surface area contributed by atoms with E-state index in [-0.39, 0.29) is 23.7 Å². The van der Waals surface area contributed by atoms with Crippen LogP contribution in [0.2, 0.25) is 0 Å². The molecule has 0 spiro atoms. The summed E-state index contributed by atoms with van der Waals surface area (Å²) in [5.41, 5.74) is 0.398. The van der Waals surface area contributed by atoms with Crippen LogP contribution in [0.1, 0.15) is 28.5 Å². The van der Waals surface area contributed by atoms with Gasteiger partial charge >= 0.3 is 0 Å². The minimum Gasteiger partial charge on any atom is -0.507 e. The maximum absolute atomic E-state index is 12.3. The molecular formula is C19H19NO5. The van der Waals surface area contributed by atoms with Crippen LogP contribution in [0.15, 0.2) is 41.2 Å². The van der Waals surface area contributed by atoms with Gasteiger partial charge in [-0.1, -0.05) is 18.2 Å². The van der Waals surface area contributed by atoms with Crippen molar-refractivity contribution in [3.63, 3.8) is 0 Å². The monoisotopic (exact) mass is 341 g/mol. The Hall–Kier alpha value is -3.15. The van der Waals surface area contributed by atoms with Gasteiger partial charge in [-0.05, 0) is 37.6 Å². The summed E-state index contributed by atoms with van der Waals surface area (Å²) in [6.07, 6.45) is 2.73. The van der Waals surface area contributed by atoms with E-state index >= 15 is 0 Å². The Bertz CT molecular complexity index is 909. The highest BCUT2D eigenvalue weighted by Gasteiger charge is 2.16. The lowest BCUT2D eigenvalue weighted by Crippen LogP contribution is -2.25. The van der Waals surface area contributed by atoms with Crippen LogP contribution in [-0.4, -0.2) is 27.8 Å². The van der Waals surface area contributed by atoms with Crippen LogP contribution in [0.25, 0.3) is 6.08 Å². The molecule has 130 valence electrons. The number of hydrogen-bond donors (Lipinski definition) is 1. The van der Waals surface area contributed by atoms with E-state index in [9.17, 15) is 19.5 Å². The third kappa shape index (κ3) is 4.44. The van der Waals surface area contributed by atoms with Crippen molar-refractivity contribution >= 4 is 17.6 Å². The van der Waals surface area contributed by atoms with Crippen molar-refractivity contribution in [1.82, 2.24) is 4.57 Å². The molecule has 2 aromatic rings. The molecule has 0 fully saturated rings. The fraction of sp³-hybridized carbons (Fsp3) is 0.211. The Balaban J connectivity index is 2.24. The van der Waals surface area contributed by atoms with Crippen molar-refractivity contribution < 1.29 is 19.4 Å². The molecule has 6 heteroatoms. The van der Waals surface area contributed by atoms with Gasteiger partial charge in [0.15, 0.2) is 11.6 Å². The molecular weight excluding hydrogens is 322 g/mol. The molecule has 0 aliphatic rings. The third-order valence-electron chi connectivity index (χ3n) is 3.62. The largest absolute Gasteiger partial charge is 0.507 e. The highest BCUT2D eigenvalue weighted by atomic mass is 16.5. The summed E-state index contributed by atoms with van der Waals surface area (Å²) in [5, 5.41) is 9.91. The molecule has 0 atom stereocenters. The number of carbonyl (C=O) groups is 2. The summed E-state index contributed by atoms with van der Waals surface area (Å²) >= 11 is 0. The van der Waals surface area contributed by atoms with E-state index in [2.05, 4.69) is 0 Å². The Kier molecular flexibility index (Phi) is 5.54. The molecule has 1 heterocycles. The first kappa shape index (κ1) is 18.2. The molecule has 0 amide bonds. The lowest BCUT2D eigenvalue weighted by molar-refractivity contribution is -0.118. The van der Waals surface area contributed by atoms with E-state index in [0.29, 0.717) is 17.0 Å². The highest BCUT2D eigenvalue weighted by molar-refractivity contribution is 6.08. The number of rotatable bonds is 6. The molecule has 2 rings (SSSR count). The number of ether oxygens (including phenoxy) is 1. The standard InChI is InChI=1S/C19H19NO5/c1-12-9-17(23)18(19(24)20(12)3)16(22)8-7-14-5-4-6-15(10-14)25-11-13(2)21/h4-10,23H,11H2,1-3H3. The average molecular weight is 341 g/mol. The number of Topliss-reactive ketones (excluding diaryl/α,β-unsaturated/α-hetero) is 1. The van der Waals surface area contributed by atoms with E-state index in [1.807, 2.05) is 0 Å². The minimum atomic E-state index is -0.590. The Morgan fingerprint density at radius 2 is 2.00 bits per heavy atom. The second kappa shape index (κ2) is 7.61. The first-order chi connectivity index (χ1) is 11.8. The number of pyridine rings is 1. The molecule has 0 unspecified atom stereocenters. The van der Waals surface area contributed by atoms with Crippen LogP contribution in [-0.2, 0) is 11.8 Å². The van der Waals surface area contributed by atoms with Crippen molar-refractivity contribution in [1.29, 1.82) is 0 Å². The van der Waals surface area contributed by atoms with E-state index in [4.69, 9.17) is 4.74 Å². The molecule has 0 radical (unpaired) electrons. The molecule has 0 aliphatic carbocycles. The van der Waals surface area contributed by atoms with Crippen LogP contribution in [0.3, 0.4) is 0 Å². The summed E-state index contributed by atoms with van der Waals surface area (Å²) in [6.45, 7) is 3.06. The van der Waals surface area contributed by atoms with Gasteiger partial charge in [-0.2, -0.15) is 0 Å². The summed E-state index contributed by atoms with van der Waals surface area (Å²) < 4.78 is 6.61. The van der Waals surface area contributed by atoms with E-state index < -0.39 is 11.3 Å². The number of carbonyl (C=O) groups excluding carboxylic acids is 2. The van der Waals surface area contributed by atoms with Gasteiger partial charge in [-0.15, -0.1) is 0 Å². The van der Waals surface area contributed by atoms with Crippen LogP contribution in [0.4, 0.5) is 0 Å². The molecule has 25 heavy (non-hydrogen) atoms. The Labute approximate surface area is 145 Å². The number of hydrogen-bond acceptors (Lipinski definition) is 5. The van der Waals surface area contributed by atoms with Crippen LogP contribution in [0.5, 0.6) is 11.5 Å². The third-order valence-corrected chi connectivity index (χ3v) is 3.62. The zero-order valence-corrected chi connectivity index (χ0v) is 14.3. The molecule has 0 saturated heterocycles. The first-order valence-electron chi connectivity index (χ1n) is 7.64. The maximum atomic E-state index is 12.3. The smallest absolute Gasteiger partial charge is 0.265 e. The average Bonchev–Trinajstić information content (AvgIpc) is 2.56. The zero-order chi connectivity index (χ0) is 18.6. The first-order valence-corrected chi connectivity index (χ1v) is 7.64. The van der Waals surface area contributed by atoms with Gasteiger partial charge in [-0.3, -0.25) is 14.4 Å². The van der Waals surface area contributed by atoms with Crippen LogP contribution in [0, 0.1) is 6.92 Å². The Morgan fingerprint density at radius 3 is 2.68 bits per heavy atom. The summed E-state index contributed by atoms with van der Waals surface area (Å²) in [5.74, 6) is -0.525. The number of aryl methyl sites for hydroxylation is 1. The Morgan fingerprint density at radius 1 is 1.28 bits per heavy atom. The predicted octanol–water partition coefficient (Wildman–Crippen LogP) is 2.26. The lowest BCUT2D eigenvalue weighted by atomic mass is 10.1. The number of aromatic hydroxyl groups is 1. The second-order valence-electron chi connectivity index (χ2n) is 5.67. The zero-order valence-electron chi connectivity index (χ0n) is 14.3. The lowest BCUT2D eigenvalue weighted by Gasteiger charge is -2.07. The van der Waals surface area contributed by atoms with Gasteiger partial charge in [0, 0.05) is 18.8 Å². The van der Waals surface area contributed by atoms with Gasteiger partial charge in [-0.25, -0.2) is 0 Å². The van der Waals surface area contributed by atoms with Gasteiger partial charge in [0.2, 0.25) is 0 Å². The molecule has 0 saturated carbocycles. The van der Waals surface area contributed by atoms with E-state index in [1.54, 1.807) is 31.2 Å². The molecule has 0 bridgehead atoms. The van der Waals surface area contributed by atoms with Crippen molar-refractivity contribution in [2.24, 2.45) is 7.05 Å². The second-order valence-corrected chi connectivity index (χ2v) is 5.67. The minimum absolute atomic E-state index is 0.0284. The number of aromatic nitrogens is 1. The number of allylic oxidation sites excluding steroid dienone is 1. The molecule has 6 nitrogen and oxygen atoms in total. The van der Waals surface area contributed by atoms with Gasteiger partial charge in [0.1, 0.15) is 23.7 Å². The molecule has 1 aromatic carbocycles. The molecule has 0 aliphatic heterocycles. The summed E-state index contributed by atoms with van der Waals surface area (Å²) in [6, 6.07) is 8.21. The summed E-state index contributed by atoms with van der Waals surface area (Å²) in [4.78, 5) is 35.4. The molecule has 1 aromatic heterocycles. The van der Waals surface area contributed by atoms with E-state index in [0.717, 1.165) is 0 Å². The quantitative estimate of drug-likeness (QED) is 0.643. The summed E-state index contributed by atoms with van der Waals surface area (Å²) in [7, 11) is 1.54. The van der Waals surface area contributed by atoms with Gasteiger partial charge in [0.05, 0.1) is 0 Å². The fourth-order valence-corrected chi connectivity index (χ4v) is 2.18. The van der Waals surface area contributed by atoms with Crippen LogP contribution < -0.4 is 10.3 Å².